The van der Waals surface area contributed by atoms with E-state index < -0.39 is 0 Å². The molecule has 0 radical (unpaired) electrons. The lowest BCUT2D eigenvalue weighted by molar-refractivity contribution is -0.134. The van der Waals surface area contributed by atoms with Gasteiger partial charge in [0.2, 0.25) is 5.91 Å². The topological polar surface area (TPSA) is 32.3 Å². The molecule has 18 heavy (non-hydrogen) atoms. The Morgan fingerprint density at radius 3 is 2.44 bits per heavy atom. The van der Waals surface area contributed by atoms with Crippen molar-refractivity contribution >= 4 is 5.91 Å². The van der Waals surface area contributed by atoms with Gasteiger partial charge in [0.05, 0.1) is 5.92 Å². The molecule has 1 aromatic rings. The van der Waals surface area contributed by atoms with Crippen molar-refractivity contribution < 1.29 is 4.79 Å². The van der Waals surface area contributed by atoms with Gasteiger partial charge in [0.15, 0.2) is 0 Å². The molecule has 0 bridgehead atoms. The quantitative estimate of drug-likeness (QED) is 0.837. The van der Waals surface area contributed by atoms with Gasteiger partial charge in [-0.3, -0.25) is 4.79 Å². The summed E-state index contributed by atoms with van der Waals surface area (Å²) in [6.07, 6.45) is 0.873. The molecule has 0 aliphatic carbocycles. The van der Waals surface area contributed by atoms with Crippen molar-refractivity contribution in [2.75, 3.05) is 20.6 Å². The smallest absolute Gasteiger partial charge is 0.226 e. The normalized spacial score (nSPS) is 12.2. The maximum absolute atomic E-state index is 12.2. The van der Waals surface area contributed by atoms with Crippen LogP contribution in [0.15, 0.2) is 24.3 Å². The number of nitrogens with one attached hydrogen (secondary N) is 1. The van der Waals surface area contributed by atoms with Gasteiger partial charge < -0.3 is 10.2 Å². The number of rotatable bonds is 6. The monoisotopic (exact) mass is 248 g/mol. The van der Waals surface area contributed by atoms with Crippen LogP contribution in [-0.4, -0.2) is 31.4 Å². The minimum Gasteiger partial charge on any atom is -0.341 e. The van der Waals surface area contributed by atoms with Crippen LogP contribution < -0.4 is 5.32 Å². The standard InChI is InChI=1S/C15H24N2O/c1-5-14(10-16-3)15(18)17(4)11-13-8-6-12(2)7-9-13/h6-9,14,16H,5,10-11H2,1-4H3. The maximum Gasteiger partial charge on any atom is 0.226 e. The number of carbonyl (C=O) groups excluding carboxylic acids is 1. The molecule has 0 saturated carbocycles. The Hall–Kier alpha value is -1.35. The molecule has 0 spiro atoms. The molecule has 1 N–H and O–H groups in total. The SMILES string of the molecule is CCC(CNC)C(=O)N(C)Cc1ccc(C)cc1. The van der Waals surface area contributed by atoms with Crippen LogP contribution in [0.3, 0.4) is 0 Å². The second-order valence-corrected chi connectivity index (χ2v) is 4.84. The molecule has 3 heteroatoms. The highest BCUT2D eigenvalue weighted by Crippen LogP contribution is 2.10. The molecule has 0 aliphatic rings. The fourth-order valence-corrected chi connectivity index (χ4v) is 2.01. The van der Waals surface area contributed by atoms with Gasteiger partial charge in [0.25, 0.3) is 0 Å². The lowest BCUT2D eigenvalue weighted by Gasteiger charge is -2.23. The molecule has 0 saturated heterocycles. The molecule has 0 fully saturated rings. The zero-order valence-electron chi connectivity index (χ0n) is 11.9. The van der Waals surface area contributed by atoms with Crippen molar-refractivity contribution in [3.63, 3.8) is 0 Å². The van der Waals surface area contributed by atoms with E-state index in [9.17, 15) is 4.79 Å². The summed E-state index contributed by atoms with van der Waals surface area (Å²) in [4.78, 5) is 14.0. The molecule has 0 aromatic heterocycles. The second kappa shape index (κ2) is 7.17. The third kappa shape index (κ3) is 4.15. The number of nitrogens with zero attached hydrogens (tertiary/aromatic N) is 1. The first kappa shape index (κ1) is 14.7. The summed E-state index contributed by atoms with van der Waals surface area (Å²) in [7, 11) is 3.76. The maximum atomic E-state index is 12.2. The molecule has 1 rings (SSSR count). The highest BCUT2D eigenvalue weighted by molar-refractivity contribution is 5.78. The van der Waals surface area contributed by atoms with E-state index >= 15 is 0 Å². The van der Waals surface area contributed by atoms with E-state index in [0.717, 1.165) is 13.0 Å². The van der Waals surface area contributed by atoms with Crippen LogP contribution in [0.4, 0.5) is 0 Å². The lowest BCUT2D eigenvalue weighted by Crippen LogP contribution is -2.36. The van der Waals surface area contributed by atoms with Crippen molar-refractivity contribution in [2.24, 2.45) is 5.92 Å². The fourth-order valence-electron chi connectivity index (χ4n) is 2.01. The molecule has 3 nitrogen and oxygen atoms in total. The van der Waals surface area contributed by atoms with E-state index in [1.54, 1.807) is 0 Å². The van der Waals surface area contributed by atoms with Crippen molar-refractivity contribution in [3.8, 4) is 0 Å². The summed E-state index contributed by atoms with van der Waals surface area (Å²) in [5, 5.41) is 3.08. The summed E-state index contributed by atoms with van der Waals surface area (Å²) < 4.78 is 0. The molecule has 0 aliphatic heterocycles. The Balaban J connectivity index is 2.61. The zero-order valence-corrected chi connectivity index (χ0v) is 11.9. The minimum absolute atomic E-state index is 0.0745. The van der Waals surface area contributed by atoms with Gasteiger partial charge in [0, 0.05) is 20.1 Å². The lowest BCUT2D eigenvalue weighted by atomic mass is 10.0. The van der Waals surface area contributed by atoms with E-state index in [4.69, 9.17) is 0 Å². The van der Waals surface area contributed by atoms with Crippen LogP contribution in [0, 0.1) is 12.8 Å². The molecule has 1 atom stereocenters. The number of hydrogen-bond acceptors (Lipinski definition) is 2. The summed E-state index contributed by atoms with van der Waals surface area (Å²) in [5.41, 5.74) is 2.42. The van der Waals surface area contributed by atoms with Gasteiger partial charge in [-0.05, 0) is 26.0 Å². The van der Waals surface area contributed by atoms with Crippen LogP contribution in [-0.2, 0) is 11.3 Å². The van der Waals surface area contributed by atoms with Gasteiger partial charge in [-0.2, -0.15) is 0 Å². The highest BCUT2D eigenvalue weighted by atomic mass is 16.2. The van der Waals surface area contributed by atoms with Crippen molar-refractivity contribution in [1.29, 1.82) is 0 Å². The first-order chi connectivity index (χ1) is 8.58. The molecule has 100 valence electrons. The van der Waals surface area contributed by atoms with Crippen molar-refractivity contribution in [1.82, 2.24) is 10.2 Å². The van der Waals surface area contributed by atoms with Gasteiger partial charge in [0.1, 0.15) is 0 Å². The largest absolute Gasteiger partial charge is 0.341 e. The minimum atomic E-state index is 0.0745. The molecular formula is C15H24N2O. The Bertz CT molecular complexity index is 373. The molecule has 0 heterocycles. The third-order valence-electron chi connectivity index (χ3n) is 3.21. The Morgan fingerprint density at radius 2 is 1.94 bits per heavy atom. The highest BCUT2D eigenvalue weighted by Gasteiger charge is 2.19. The van der Waals surface area contributed by atoms with Gasteiger partial charge in [-0.25, -0.2) is 0 Å². The van der Waals surface area contributed by atoms with E-state index in [1.807, 2.05) is 19.0 Å². The number of benzene rings is 1. The Labute approximate surface area is 110 Å². The van der Waals surface area contributed by atoms with Gasteiger partial charge >= 0.3 is 0 Å². The number of carbonyl (C=O) groups is 1. The average molecular weight is 248 g/mol. The predicted octanol–water partition coefficient (Wildman–Crippen LogP) is 2.20. The summed E-state index contributed by atoms with van der Waals surface area (Å²) in [5.74, 6) is 0.290. The van der Waals surface area contributed by atoms with Crippen LogP contribution >= 0.6 is 0 Å². The summed E-state index contributed by atoms with van der Waals surface area (Å²) in [6, 6.07) is 8.33. The second-order valence-electron chi connectivity index (χ2n) is 4.84. The van der Waals surface area contributed by atoms with E-state index in [0.29, 0.717) is 6.54 Å². The number of hydrogen-bond donors (Lipinski definition) is 1. The van der Waals surface area contributed by atoms with Crippen LogP contribution in [0.5, 0.6) is 0 Å². The number of amides is 1. The van der Waals surface area contributed by atoms with Crippen molar-refractivity contribution in [2.45, 2.75) is 26.8 Å². The summed E-state index contributed by atoms with van der Waals surface area (Å²) >= 11 is 0. The van der Waals surface area contributed by atoms with Crippen LogP contribution in [0.25, 0.3) is 0 Å². The first-order valence-electron chi connectivity index (χ1n) is 6.53. The Kier molecular flexibility index (Phi) is 5.86. The Morgan fingerprint density at radius 1 is 1.33 bits per heavy atom. The molecule has 1 unspecified atom stereocenters. The van der Waals surface area contributed by atoms with E-state index in [1.165, 1.54) is 11.1 Å². The molecular weight excluding hydrogens is 224 g/mol. The van der Waals surface area contributed by atoms with E-state index in [-0.39, 0.29) is 11.8 Å². The van der Waals surface area contributed by atoms with Gasteiger partial charge in [-0.15, -0.1) is 0 Å². The average Bonchev–Trinajstić information content (AvgIpc) is 2.37. The van der Waals surface area contributed by atoms with Crippen LogP contribution in [0.2, 0.25) is 0 Å². The zero-order chi connectivity index (χ0) is 13.5. The summed E-state index contributed by atoms with van der Waals surface area (Å²) in [6.45, 7) is 5.55. The van der Waals surface area contributed by atoms with Crippen LogP contribution in [0.1, 0.15) is 24.5 Å². The first-order valence-corrected chi connectivity index (χ1v) is 6.53. The fraction of sp³-hybridized carbons (Fsp3) is 0.533. The van der Waals surface area contributed by atoms with E-state index in [2.05, 4.69) is 43.4 Å². The third-order valence-corrected chi connectivity index (χ3v) is 3.21. The predicted molar refractivity (Wildman–Crippen MR) is 75.4 cm³/mol. The van der Waals surface area contributed by atoms with Crippen molar-refractivity contribution in [3.05, 3.63) is 35.4 Å². The molecule has 1 aromatic carbocycles. The molecule has 1 amide bonds. The van der Waals surface area contributed by atoms with Gasteiger partial charge in [-0.1, -0.05) is 36.8 Å². The number of aryl methyl sites for hydroxylation is 1.